The zero-order valence-corrected chi connectivity index (χ0v) is 10.7. The van der Waals surface area contributed by atoms with E-state index in [1.165, 1.54) is 0 Å². The number of aliphatic carboxylic acids is 1. The van der Waals surface area contributed by atoms with Crippen LogP contribution in [0.2, 0.25) is 0 Å². The average Bonchev–Trinajstić information content (AvgIpc) is 2.33. The van der Waals surface area contributed by atoms with Crippen molar-refractivity contribution in [2.75, 3.05) is 11.9 Å². The summed E-state index contributed by atoms with van der Waals surface area (Å²) in [5.74, 6) is -0.0229. The van der Waals surface area contributed by atoms with Gasteiger partial charge in [0.1, 0.15) is 5.82 Å². The summed E-state index contributed by atoms with van der Waals surface area (Å²) in [6.45, 7) is 6.19. The molecule has 0 saturated heterocycles. The molecule has 0 saturated carbocycles. The lowest BCUT2D eigenvalue weighted by Gasteiger charge is -2.27. The number of carbonyl (C=O) groups is 1. The first kappa shape index (κ1) is 13.5. The minimum Gasteiger partial charge on any atom is -0.481 e. The minimum atomic E-state index is -0.748. The van der Waals surface area contributed by atoms with Crippen molar-refractivity contribution in [3.05, 3.63) is 23.9 Å². The quantitative estimate of drug-likeness (QED) is 0.797. The number of carboxylic acids is 1. The van der Waals surface area contributed by atoms with Gasteiger partial charge in [0, 0.05) is 12.7 Å². The van der Waals surface area contributed by atoms with Gasteiger partial charge in [0.2, 0.25) is 0 Å². The highest BCUT2D eigenvalue weighted by molar-refractivity contribution is 5.75. The predicted octanol–water partition coefficient (Wildman–Crippen LogP) is 2.69. The number of anilines is 1. The monoisotopic (exact) mass is 236 g/mol. The van der Waals surface area contributed by atoms with Crippen LogP contribution in [-0.2, 0) is 4.79 Å². The van der Waals surface area contributed by atoms with Crippen molar-refractivity contribution in [1.82, 2.24) is 4.98 Å². The van der Waals surface area contributed by atoms with E-state index in [1.807, 2.05) is 32.9 Å². The van der Waals surface area contributed by atoms with Gasteiger partial charge in [-0.3, -0.25) is 4.79 Å². The SMILES string of the molecule is CCC(CC)(CNc1ccc(C)cn1)C(=O)O. The maximum atomic E-state index is 11.3. The van der Waals surface area contributed by atoms with Gasteiger partial charge < -0.3 is 10.4 Å². The lowest BCUT2D eigenvalue weighted by molar-refractivity contribution is -0.148. The van der Waals surface area contributed by atoms with Crippen molar-refractivity contribution in [1.29, 1.82) is 0 Å². The molecule has 0 atom stereocenters. The van der Waals surface area contributed by atoms with Crippen LogP contribution in [0.4, 0.5) is 5.82 Å². The summed E-state index contributed by atoms with van der Waals surface area (Å²) in [4.78, 5) is 15.5. The zero-order valence-electron chi connectivity index (χ0n) is 10.7. The zero-order chi connectivity index (χ0) is 12.9. The molecule has 0 aromatic carbocycles. The number of nitrogens with one attached hydrogen (secondary N) is 1. The Hall–Kier alpha value is -1.58. The van der Waals surface area contributed by atoms with E-state index in [2.05, 4.69) is 10.3 Å². The highest BCUT2D eigenvalue weighted by atomic mass is 16.4. The normalized spacial score (nSPS) is 11.2. The molecule has 1 rings (SSSR count). The molecule has 1 aromatic heterocycles. The Bertz CT molecular complexity index is 370. The number of aryl methyl sites for hydroxylation is 1. The van der Waals surface area contributed by atoms with Gasteiger partial charge in [-0.2, -0.15) is 0 Å². The van der Waals surface area contributed by atoms with Gasteiger partial charge in [-0.05, 0) is 31.4 Å². The highest BCUT2D eigenvalue weighted by Gasteiger charge is 2.34. The Labute approximate surface area is 102 Å². The Balaban J connectivity index is 2.70. The van der Waals surface area contributed by atoms with Gasteiger partial charge in [-0.25, -0.2) is 4.98 Å². The van der Waals surface area contributed by atoms with Crippen LogP contribution in [0.15, 0.2) is 18.3 Å². The molecule has 1 aromatic rings. The maximum Gasteiger partial charge on any atom is 0.311 e. The van der Waals surface area contributed by atoms with E-state index in [1.54, 1.807) is 6.20 Å². The average molecular weight is 236 g/mol. The van der Waals surface area contributed by atoms with Crippen molar-refractivity contribution in [2.24, 2.45) is 5.41 Å². The fraction of sp³-hybridized carbons (Fsp3) is 0.538. The summed E-state index contributed by atoms with van der Waals surface area (Å²) in [7, 11) is 0. The topological polar surface area (TPSA) is 62.2 Å². The smallest absolute Gasteiger partial charge is 0.311 e. The number of rotatable bonds is 6. The summed E-state index contributed by atoms with van der Waals surface area (Å²) in [5, 5.41) is 12.4. The molecule has 0 spiro atoms. The lowest BCUT2D eigenvalue weighted by Crippen LogP contribution is -2.37. The maximum absolute atomic E-state index is 11.3. The Morgan fingerprint density at radius 2 is 2.06 bits per heavy atom. The van der Waals surface area contributed by atoms with Gasteiger partial charge in [0.15, 0.2) is 0 Å². The summed E-state index contributed by atoms with van der Waals surface area (Å²) in [6.07, 6.45) is 2.98. The summed E-state index contributed by atoms with van der Waals surface area (Å²) >= 11 is 0. The van der Waals surface area contributed by atoms with Crippen molar-refractivity contribution in [2.45, 2.75) is 33.6 Å². The fourth-order valence-corrected chi connectivity index (χ4v) is 1.71. The molecule has 17 heavy (non-hydrogen) atoms. The Kier molecular flexibility index (Phi) is 4.49. The second-order valence-electron chi connectivity index (χ2n) is 4.37. The first-order chi connectivity index (χ1) is 8.04. The van der Waals surface area contributed by atoms with Crippen LogP contribution in [0.1, 0.15) is 32.3 Å². The predicted molar refractivity (Wildman–Crippen MR) is 68.1 cm³/mol. The summed E-state index contributed by atoms with van der Waals surface area (Å²) in [6, 6.07) is 3.82. The van der Waals surface area contributed by atoms with Crippen LogP contribution in [0.25, 0.3) is 0 Å². The fourth-order valence-electron chi connectivity index (χ4n) is 1.71. The Morgan fingerprint density at radius 3 is 2.47 bits per heavy atom. The number of nitrogens with zero attached hydrogens (tertiary/aromatic N) is 1. The molecule has 94 valence electrons. The number of hydrogen-bond donors (Lipinski definition) is 2. The third-order valence-electron chi connectivity index (χ3n) is 3.33. The second kappa shape index (κ2) is 5.66. The molecule has 0 aliphatic carbocycles. The molecule has 0 unspecified atom stereocenters. The van der Waals surface area contributed by atoms with Crippen molar-refractivity contribution < 1.29 is 9.90 Å². The first-order valence-electron chi connectivity index (χ1n) is 5.94. The molecule has 2 N–H and O–H groups in total. The van der Waals surface area contributed by atoms with Gasteiger partial charge in [-0.1, -0.05) is 19.9 Å². The van der Waals surface area contributed by atoms with E-state index in [9.17, 15) is 9.90 Å². The van der Waals surface area contributed by atoms with Crippen LogP contribution < -0.4 is 5.32 Å². The van der Waals surface area contributed by atoms with E-state index >= 15 is 0 Å². The third-order valence-corrected chi connectivity index (χ3v) is 3.33. The molecular weight excluding hydrogens is 216 g/mol. The van der Waals surface area contributed by atoms with E-state index < -0.39 is 11.4 Å². The standard InChI is InChI=1S/C13H20N2O2/c1-4-13(5-2,12(16)17)9-15-11-7-6-10(3)8-14-11/h6-8H,4-5,9H2,1-3H3,(H,14,15)(H,16,17). The van der Waals surface area contributed by atoms with E-state index in [0.717, 1.165) is 11.4 Å². The molecule has 4 heteroatoms. The molecular formula is C13H20N2O2. The minimum absolute atomic E-state index is 0.408. The highest BCUT2D eigenvalue weighted by Crippen LogP contribution is 2.26. The van der Waals surface area contributed by atoms with Gasteiger partial charge >= 0.3 is 5.97 Å². The van der Waals surface area contributed by atoms with E-state index in [4.69, 9.17) is 0 Å². The number of pyridine rings is 1. The first-order valence-corrected chi connectivity index (χ1v) is 5.94. The van der Waals surface area contributed by atoms with Crippen LogP contribution in [0, 0.1) is 12.3 Å². The van der Waals surface area contributed by atoms with Crippen molar-refractivity contribution in [3.63, 3.8) is 0 Å². The van der Waals surface area contributed by atoms with Crippen LogP contribution >= 0.6 is 0 Å². The second-order valence-corrected chi connectivity index (χ2v) is 4.37. The number of carboxylic acid groups (broad SMARTS) is 1. The third kappa shape index (κ3) is 3.19. The molecule has 0 amide bonds. The number of aromatic nitrogens is 1. The summed E-state index contributed by atoms with van der Waals surface area (Å²) in [5.41, 5.74) is 0.387. The van der Waals surface area contributed by atoms with E-state index in [0.29, 0.717) is 19.4 Å². The van der Waals surface area contributed by atoms with Crippen LogP contribution in [0.5, 0.6) is 0 Å². The van der Waals surface area contributed by atoms with Crippen LogP contribution in [0.3, 0.4) is 0 Å². The van der Waals surface area contributed by atoms with Gasteiger partial charge in [0.05, 0.1) is 5.41 Å². The largest absolute Gasteiger partial charge is 0.481 e. The molecule has 4 nitrogen and oxygen atoms in total. The molecule has 0 fully saturated rings. The molecule has 0 aliphatic rings. The molecule has 0 bridgehead atoms. The molecule has 0 aliphatic heterocycles. The lowest BCUT2D eigenvalue weighted by atomic mass is 9.82. The Morgan fingerprint density at radius 1 is 1.41 bits per heavy atom. The molecule has 1 heterocycles. The van der Waals surface area contributed by atoms with Crippen molar-refractivity contribution >= 4 is 11.8 Å². The summed E-state index contributed by atoms with van der Waals surface area (Å²) < 4.78 is 0. The van der Waals surface area contributed by atoms with Crippen molar-refractivity contribution in [3.8, 4) is 0 Å². The van der Waals surface area contributed by atoms with E-state index in [-0.39, 0.29) is 0 Å². The van der Waals surface area contributed by atoms with Gasteiger partial charge in [-0.15, -0.1) is 0 Å². The number of hydrogen-bond acceptors (Lipinski definition) is 3. The van der Waals surface area contributed by atoms with Crippen LogP contribution in [-0.4, -0.2) is 22.6 Å². The van der Waals surface area contributed by atoms with Gasteiger partial charge in [0.25, 0.3) is 0 Å². The molecule has 0 radical (unpaired) electrons.